The summed E-state index contributed by atoms with van der Waals surface area (Å²) in [5.41, 5.74) is 2.05. The zero-order valence-electron chi connectivity index (χ0n) is 16.6. The summed E-state index contributed by atoms with van der Waals surface area (Å²) in [5, 5.41) is 6.00. The number of sulfonamides is 1. The molecule has 0 radical (unpaired) electrons. The molecule has 0 fully saturated rings. The SMILES string of the molecule is CCCCN(c1ccc(Cl)cc1-n1ncc2ccccc21)S(=O)(=O)c1ccccc1. The van der Waals surface area contributed by atoms with Crippen LogP contribution in [0.3, 0.4) is 0 Å². The Labute approximate surface area is 181 Å². The summed E-state index contributed by atoms with van der Waals surface area (Å²) >= 11 is 6.32. The molecular weight excluding hydrogens is 418 g/mol. The molecule has 0 spiro atoms. The van der Waals surface area contributed by atoms with Gasteiger partial charge in [0.25, 0.3) is 10.0 Å². The van der Waals surface area contributed by atoms with Crippen molar-refractivity contribution in [2.75, 3.05) is 10.8 Å². The lowest BCUT2D eigenvalue weighted by Crippen LogP contribution is -2.33. The number of rotatable bonds is 7. The van der Waals surface area contributed by atoms with E-state index >= 15 is 0 Å². The summed E-state index contributed by atoms with van der Waals surface area (Å²) in [4.78, 5) is 0.257. The largest absolute Gasteiger partial charge is 0.264 e. The van der Waals surface area contributed by atoms with Gasteiger partial charge in [0.05, 0.1) is 28.0 Å². The van der Waals surface area contributed by atoms with Gasteiger partial charge in [-0.2, -0.15) is 5.10 Å². The second-order valence-corrected chi connectivity index (χ2v) is 9.29. The van der Waals surface area contributed by atoms with Crippen LogP contribution < -0.4 is 4.31 Å². The summed E-state index contributed by atoms with van der Waals surface area (Å²) in [6, 6.07) is 21.5. The first-order valence-electron chi connectivity index (χ1n) is 9.83. The van der Waals surface area contributed by atoms with Gasteiger partial charge in [-0.1, -0.05) is 61.3 Å². The Morgan fingerprint density at radius 1 is 1.00 bits per heavy atom. The van der Waals surface area contributed by atoms with Gasteiger partial charge in [-0.05, 0) is 42.8 Å². The fraction of sp³-hybridized carbons (Fsp3) is 0.174. The molecular formula is C23H22ClN3O2S. The monoisotopic (exact) mass is 439 g/mol. The number of hydrogen-bond acceptors (Lipinski definition) is 3. The topological polar surface area (TPSA) is 55.2 Å². The van der Waals surface area contributed by atoms with Crippen molar-refractivity contribution in [3.8, 4) is 5.69 Å². The van der Waals surface area contributed by atoms with E-state index in [1.807, 2.05) is 31.2 Å². The predicted molar refractivity (Wildman–Crippen MR) is 122 cm³/mol. The number of unbranched alkanes of at least 4 members (excludes halogenated alkanes) is 1. The lowest BCUT2D eigenvalue weighted by molar-refractivity contribution is 0.588. The summed E-state index contributed by atoms with van der Waals surface area (Å²) in [6.07, 6.45) is 3.37. The van der Waals surface area contributed by atoms with E-state index in [1.165, 1.54) is 4.31 Å². The van der Waals surface area contributed by atoms with Crippen LogP contribution in [0, 0.1) is 0 Å². The maximum absolute atomic E-state index is 13.6. The van der Waals surface area contributed by atoms with Crippen molar-refractivity contribution in [1.29, 1.82) is 0 Å². The van der Waals surface area contributed by atoms with E-state index in [2.05, 4.69) is 5.10 Å². The first-order valence-corrected chi connectivity index (χ1v) is 11.6. The van der Waals surface area contributed by atoms with E-state index in [-0.39, 0.29) is 4.90 Å². The molecule has 0 bridgehead atoms. The van der Waals surface area contributed by atoms with Gasteiger partial charge >= 0.3 is 0 Å². The van der Waals surface area contributed by atoms with Gasteiger partial charge in [-0.25, -0.2) is 13.1 Å². The smallest absolute Gasteiger partial charge is 0.264 e. The van der Waals surface area contributed by atoms with Gasteiger partial charge < -0.3 is 0 Å². The van der Waals surface area contributed by atoms with Gasteiger partial charge in [0, 0.05) is 17.0 Å². The maximum Gasteiger partial charge on any atom is 0.264 e. The van der Waals surface area contributed by atoms with Crippen LogP contribution in [-0.4, -0.2) is 24.7 Å². The van der Waals surface area contributed by atoms with Crippen molar-refractivity contribution in [2.45, 2.75) is 24.7 Å². The van der Waals surface area contributed by atoms with Crippen LogP contribution in [0.25, 0.3) is 16.6 Å². The molecule has 4 rings (SSSR count). The summed E-state index contributed by atoms with van der Waals surface area (Å²) in [6.45, 7) is 2.40. The van der Waals surface area contributed by atoms with Crippen molar-refractivity contribution in [1.82, 2.24) is 9.78 Å². The van der Waals surface area contributed by atoms with Gasteiger partial charge in [0.2, 0.25) is 0 Å². The van der Waals surface area contributed by atoms with Crippen molar-refractivity contribution in [3.05, 3.63) is 84.0 Å². The van der Waals surface area contributed by atoms with E-state index in [4.69, 9.17) is 11.6 Å². The van der Waals surface area contributed by atoms with E-state index in [1.54, 1.807) is 59.4 Å². The number of halogens is 1. The summed E-state index contributed by atoms with van der Waals surface area (Å²) < 4.78 is 30.4. The molecule has 0 N–H and O–H groups in total. The van der Waals surface area contributed by atoms with Crippen molar-refractivity contribution >= 4 is 38.2 Å². The normalized spacial score (nSPS) is 11.7. The minimum absolute atomic E-state index is 0.257. The molecule has 0 amide bonds. The minimum Gasteiger partial charge on any atom is -0.264 e. The highest BCUT2D eigenvalue weighted by Gasteiger charge is 2.27. The molecule has 154 valence electrons. The molecule has 30 heavy (non-hydrogen) atoms. The molecule has 1 heterocycles. The highest BCUT2D eigenvalue weighted by atomic mass is 35.5. The van der Waals surface area contributed by atoms with Crippen molar-refractivity contribution in [2.24, 2.45) is 0 Å². The van der Waals surface area contributed by atoms with Gasteiger partial charge in [0.15, 0.2) is 0 Å². The molecule has 0 aliphatic carbocycles. The number of nitrogens with zero attached hydrogens (tertiary/aromatic N) is 3. The van der Waals surface area contributed by atoms with E-state index in [0.29, 0.717) is 22.9 Å². The Hall–Kier alpha value is -2.83. The van der Waals surface area contributed by atoms with Crippen LogP contribution in [-0.2, 0) is 10.0 Å². The number of aromatic nitrogens is 2. The second-order valence-electron chi connectivity index (χ2n) is 6.99. The van der Waals surface area contributed by atoms with Crippen LogP contribution in [0.2, 0.25) is 5.02 Å². The summed E-state index contributed by atoms with van der Waals surface area (Å²) in [5.74, 6) is 0. The van der Waals surface area contributed by atoms with Crippen LogP contribution in [0.15, 0.2) is 83.9 Å². The van der Waals surface area contributed by atoms with Crippen molar-refractivity contribution in [3.63, 3.8) is 0 Å². The Balaban J connectivity index is 1.92. The average Bonchev–Trinajstić information content (AvgIpc) is 3.19. The number of para-hydroxylation sites is 1. The molecule has 1 aromatic heterocycles. The van der Waals surface area contributed by atoms with E-state index in [9.17, 15) is 8.42 Å². The number of benzene rings is 3. The quantitative estimate of drug-likeness (QED) is 0.372. The average molecular weight is 440 g/mol. The number of anilines is 1. The van der Waals surface area contributed by atoms with Gasteiger partial charge in [-0.15, -0.1) is 0 Å². The third kappa shape index (κ3) is 3.80. The van der Waals surface area contributed by atoms with E-state index in [0.717, 1.165) is 23.7 Å². The molecule has 7 heteroatoms. The number of fused-ring (bicyclic) bond motifs is 1. The summed E-state index contributed by atoms with van der Waals surface area (Å²) in [7, 11) is -3.76. The zero-order valence-corrected chi connectivity index (χ0v) is 18.1. The first-order chi connectivity index (χ1) is 14.5. The molecule has 5 nitrogen and oxygen atoms in total. The lowest BCUT2D eigenvalue weighted by atomic mass is 10.2. The molecule has 4 aromatic rings. The third-order valence-corrected chi connectivity index (χ3v) is 7.02. The van der Waals surface area contributed by atoms with Crippen LogP contribution in [0.5, 0.6) is 0 Å². The maximum atomic E-state index is 13.6. The molecule has 0 aliphatic heterocycles. The Bertz CT molecular complexity index is 1270. The highest BCUT2D eigenvalue weighted by molar-refractivity contribution is 7.92. The second kappa shape index (κ2) is 8.50. The van der Waals surface area contributed by atoms with Crippen LogP contribution in [0.4, 0.5) is 5.69 Å². The molecule has 3 aromatic carbocycles. The molecule has 0 unspecified atom stereocenters. The van der Waals surface area contributed by atoms with Gasteiger partial charge in [-0.3, -0.25) is 4.31 Å². The Kier molecular flexibility index (Phi) is 5.79. The third-order valence-electron chi connectivity index (χ3n) is 4.96. The number of hydrogen-bond donors (Lipinski definition) is 0. The fourth-order valence-electron chi connectivity index (χ4n) is 3.43. The lowest BCUT2D eigenvalue weighted by Gasteiger charge is -2.27. The minimum atomic E-state index is -3.76. The fourth-order valence-corrected chi connectivity index (χ4v) is 5.14. The Morgan fingerprint density at radius 3 is 2.50 bits per heavy atom. The van der Waals surface area contributed by atoms with Crippen molar-refractivity contribution < 1.29 is 8.42 Å². The van der Waals surface area contributed by atoms with Crippen LogP contribution >= 0.6 is 11.6 Å². The molecule has 0 aliphatic rings. The molecule has 0 saturated heterocycles. The van der Waals surface area contributed by atoms with E-state index < -0.39 is 10.0 Å². The predicted octanol–water partition coefficient (Wildman–Crippen LogP) is 5.67. The van der Waals surface area contributed by atoms with Gasteiger partial charge in [0.1, 0.15) is 0 Å². The zero-order chi connectivity index (χ0) is 21.1. The molecule has 0 saturated carbocycles. The standard InChI is InChI=1S/C23H22ClN3O2S/c1-2-3-15-26(30(28,29)20-10-5-4-6-11-20)22-14-13-19(24)16-23(22)27-21-12-8-7-9-18(21)17-25-27/h4-14,16-17H,2-3,15H2,1H3. The molecule has 0 atom stereocenters. The highest BCUT2D eigenvalue weighted by Crippen LogP contribution is 2.33. The van der Waals surface area contributed by atoms with Crippen LogP contribution in [0.1, 0.15) is 19.8 Å². The first kappa shape index (κ1) is 20.4. The Morgan fingerprint density at radius 2 is 1.73 bits per heavy atom.